The van der Waals surface area contributed by atoms with Crippen molar-refractivity contribution in [1.29, 1.82) is 5.26 Å². The van der Waals surface area contributed by atoms with Crippen LogP contribution >= 0.6 is 0 Å². The lowest BCUT2D eigenvalue weighted by molar-refractivity contribution is 0.395. The van der Waals surface area contributed by atoms with Crippen LogP contribution in [0.15, 0.2) is 48.7 Å². The Morgan fingerprint density at radius 1 is 1.00 bits per heavy atom. The zero-order chi connectivity index (χ0) is 18.4. The molecule has 0 fully saturated rings. The zero-order valence-corrected chi connectivity index (χ0v) is 14.2. The van der Waals surface area contributed by atoms with Gasteiger partial charge in [0, 0.05) is 6.07 Å². The molecular formula is C18H16N6O2. The molecule has 0 saturated carbocycles. The Balaban J connectivity index is 1.83. The lowest BCUT2D eigenvalue weighted by atomic mass is 10.2. The predicted octanol–water partition coefficient (Wildman–Crippen LogP) is 3.25. The number of hydrogen-bond acceptors (Lipinski definition) is 8. The van der Waals surface area contributed by atoms with Crippen LogP contribution in [0, 0.1) is 11.3 Å². The molecule has 1 aromatic heterocycles. The van der Waals surface area contributed by atoms with Crippen LogP contribution in [0.25, 0.3) is 0 Å². The van der Waals surface area contributed by atoms with E-state index in [0.29, 0.717) is 34.3 Å². The average molecular weight is 348 g/mol. The minimum atomic E-state index is 0.269. The van der Waals surface area contributed by atoms with Gasteiger partial charge in [-0.25, -0.2) is 0 Å². The number of nitriles is 1. The van der Waals surface area contributed by atoms with Crippen molar-refractivity contribution in [3.8, 4) is 17.6 Å². The predicted molar refractivity (Wildman–Crippen MR) is 97.1 cm³/mol. The highest BCUT2D eigenvalue weighted by molar-refractivity contribution is 5.67. The highest BCUT2D eigenvalue weighted by Gasteiger charge is 2.08. The Labute approximate surface area is 150 Å². The van der Waals surface area contributed by atoms with Crippen LogP contribution < -0.4 is 20.1 Å². The summed E-state index contributed by atoms with van der Waals surface area (Å²) in [5.74, 6) is 2.03. The van der Waals surface area contributed by atoms with Gasteiger partial charge in [0.1, 0.15) is 17.6 Å². The Hall–Kier alpha value is -3.86. The molecule has 0 aliphatic heterocycles. The lowest BCUT2D eigenvalue weighted by Crippen LogP contribution is -2.04. The summed E-state index contributed by atoms with van der Waals surface area (Å²) < 4.78 is 10.5. The first-order valence-electron chi connectivity index (χ1n) is 7.68. The summed E-state index contributed by atoms with van der Waals surface area (Å²) in [4.78, 5) is 4.36. The first kappa shape index (κ1) is 17.0. The Morgan fingerprint density at radius 2 is 1.85 bits per heavy atom. The quantitative estimate of drug-likeness (QED) is 0.699. The van der Waals surface area contributed by atoms with Crippen molar-refractivity contribution < 1.29 is 9.47 Å². The average Bonchev–Trinajstić information content (AvgIpc) is 2.69. The highest BCUT2D eigenvalue weighted by atomic mass is 16.5. The van der Waals surface area contributed by atoms with Gasteiger partial charge in [-0.15, -0.1) is 5.10 Å². The number of para-hydroxylation sites is 1. The first-order valence-corrected chi connectivity index (χ1v) is 7.68. The standard InChI is InChI=1S/C18H16N6O2/c1-25-13-7-8-15(16(9-13)26-2)21-17-11-20-24-18(23-17)22-14-6-4-3-5-12(14)10-19/h3-9,11H,1-2H3,(H2,21,22,23,24). The number of nitrogens with one attached hydrogen (secondary N) is 2. The van der Waals surface area contributed by atoms with Gasteiger partial charge < -0.3 is 20.1 Å². The van der Waals surface area contributed by atoms with Crippen molar-refractivity contribution in [3.63, 3.8) is 0 Å². The van der Waals surface area contributed by atoms with Gasteiger partial charge in [-0.3, -0.25) is 0 Å². The fourth-order valence-electron chi connectivity index (χ4n) is 2.27. The smallest absolute Gasteiger partial charge is 0.249 e. The molecule has 130 valence electrons. The van der Waals surface area contributed by atoms with E-state index in [9.17, 15) is 0 Å². The molecule has 1 heterocycles. The van der Waals surface area contributed by atoms with Crippen molar-refractivity contribution in [2.24, 2.45) is 0 Å². The number of hydrogen-bond donors (Lipinski definition) is 2. The molecule has 26 heavy (non-hydrogen) atoms. The highest BCUT2D eigenvalue weighted by Crippen LogP contribution is 2.31. The summed E-state index contributed by atoms with van der Waals surface area (Å²) in [6.07, 6.45) is 1.49. The van der Waals surface area contributed by atoms with E-state index in [1.54, 1.807) is 38.5 Å². The van der Waals surface area contributed by atoms with Gasteiger partial charge in [0.05, 0.1) is 37.4 Å². The molecule has 0 aliphatic rings. The fraction of sp³-hybridized carbons (Fsp3) is 0.111. The second-order valence-corrected chi connectivity index (χ2v) is 5.14. The molecule has 2 aromatic carbocycles. The summed E-state index contributed by atoms with van der Waals surface area (Å²) in [6, 6.07) is 14.6. The van der Waals surface area contributed by atoms with Gasteiger partial charge in [-0.05, 0) is 24.3 Å². The third kappa shape index (κ3) is 3.79. The van der Waals surface area contributed by atoms with Crippen molar-refractivity contribution in [3.05, 3.63) is 54.2 Å². The SMILES string of the molecule is COc1ccc(Nc2cnnc(Nc3ccccc3C#N)n2)c(OC)c1. The fourth-order valence-corrected chi connectivity index (χ4v) is 2.27. The second kappa shape index (κ2) is 7.81. The van der Waals surface area contributed by atoms with Gasteiger partial charge in [-0.1, -0.05) is 12.1 Å². The van der Waals surface area contributed by atoms with E-state index in [1.807, 2.05) is 18.2 Å². The number of ether oxygens (including phenoxy) is 2. The Kier molecular flexibility index (Phi) is 5.10. The number of methoxy groups -OCH3 is 2. The van der Waals surface area contributed by atoms with E-state index < -0.39 is 0 Å². The molecule has 0 bridgehead atoms. The van der Waals surface area contributed by atoms with E-state index in [4.69, 9.17) is 14.7 Å². The Morgan fingerprint density at radius 3 is 2.62 bits per heavy atom. The van der Waals surface area contributed by atoms with Crippen LogP contribution in [0.3, 0.4) is 0 Å². The molecule has 0 aliphatic carbocycles. The topological polar surface area (TPSA) is 105 Å². The molecule has 2 N–H and O–H groups in total. The second-order valence-electron chi connectivity index (χ2n) is 5.14. The minimum Gasteiger partial charge on any atom is -0.497 e. The van der Waals surface area contributed by atoms with E-state index in [1.165, 1.54) is 6.20 Å². The van der Waals surface area contributed by atoms with Crippen LogP contribution in [0.1, 0.15) is 5.56 Å². The first-order chi connectivity index (χ1) is 12.7. The summed E-state index contributed by atoms with van der Waals surface area (Å²) in [6.45, 7) is 0. The maximum absolute atomic E-state index is 9.16. The molecule has 0 atom stereocenters. The molecule has 0 radical (unpaired) electrons. The third-order valence-corrected chi connectivity index (χ3v) is 3.52. The molecule has 0 unspecified atom stereocenters. The minimum absolute atomic E-state index is 0.269. The van der Waals surface area contributed by atoms with Crippen LogP contribution in [-0.4, -0.2) is 29.4 Å². The van der Waals surface area contributed by atoms with E-state index in [2.05, 4.69) is 31.9 Å². The van der Waals surface area contributed by atoms with Crippen molar-refractivity contribution >= 4 is 23.1 Å². The van der Waals surface area contributed by atoms with Gasteiger partial charge in [0.15, 0.2) is 5.82 Å². The van der Waals surface area contributed by atoms with Crippen molar-refractivity contribution in [2.75, 3.05) is 24.9 Å². The molecule has 3 aromatic rings. The van der Waals surface area contributed by atoms with Crippen molar-refractivity contribution in [1.82, 2.24) is 15.2 Å². The molecule has 0 spiro atoms. The molecule has 0 saturated heterocycles. The summed E-state index contributed by atoms with van der Waals surface area (Å²) in [7, 11) is 3.16. The molecule has 8 heteroatoms. The van der Waals surface area contributed by atoms with Gasteiger partial charge >= 0.3 is 0 Å². The summed E-state index contributed by atoms with van der Waals surface area (Å²) in [5.41, 5.74) is 1.81. The maximum Gasteiger partial charge on any atom is 0.249 e. The monoisotopic (exact) mass is 348 g/mol. The molecular weight excluding hydrogens is 332 g/mol. The zero-order valence-electron chi connectivity index (χ0n) is 14.2. The lowest BCUT2D eigenvalue weighted by Gasteiger charge is -2.12. The van der Waals surface area contributed by atoms with E-state index in [0.717, 1.165) is 0 Å². The summed E-state index contributed by atoms with van der Waals surface area (Å²) >= 11 is 0. The number of anilines is 4. The maximum atomic E-state index is 9.16. The van der Waals surface area contributed by atoms with E-state index in [-0.39, 0.29) is 5.95 Å². The number of aromatic nitrogens is 3. The normalized spacial score (nSPS) is 9.88. The molecule has 0 amide bonds. The molecule has 3 rings (SSSR count). The third-order valence-electron chi connectivity index (χ3n) is 3.52. The number of rotatable bonds is 6. The van der Waals surface area contributed by atoms with Crippen LogP contribution in [0.2, 0.25) is 0 Å². The van der Waals surface area contributed by atoms with E-state index >= 15 is 0 Å². The van der Waals surface area contributed by atoms with Crippen molar-refractivity contribution in [2.45, 2.75) is 0 Å². The van der Waals surface area contributed by atoms with Gasteiger partial charge in [0.25, 0.3) is 0 Å². The summed E-state index contributed by atoms with van der Waals surface area (Å²) in [5, 5.41) is 23.2. The molecule has 8 nitrogen and oxygen atoms in total. The van der Waals surface area contributed by atoms with Crippen LogP contribution in [-0.2, 0) is 0 Å². The Bertz CT molecular complexity index is 954. The van der Waals surface area contributed by atoms with Crippen LogP contribution in [0.4, 0.5) is 23.1 Å². The largest absolute Gasteiger partial charge is 0.497 e. The number of benzene rings is 2. The number of nitrogens with zero attached hydrogens (tertiary/aromatic N) is 4. The van der Waals surface area contributed by atoms with Gasteiger partial charge in [-0.2, -0.15) is 15.3 Å². The van der Waals surface area contributed by atoms with Gasteiger partial charge in [0.2, 0.25) is 5.95 Å². The van der Waals surface area contributed by atoms with Crippen LogP contribution in [0.5, 0.6) is 11.5 Å².